The quantitative estimate of drug-likeness (QED) is 0.676. The van der Waals surface area contributed by atoms with Gasteiger partial charge in [0.2, 0.25) is 5.91 Å². The van der Waals surface area contributed by atoms with E-state index in [1.54, 1.807) is 18.3 Å². The minimum atomic E-state index is -0.367. The number of hydrogen-bond donors (Lipinski definition) is 1. The molecule has 1 amide bonds. The van der Waals surface area contributed by atoms with Gasteiger partial charge in [-0.25, -0.2) is 0 Å². The van der Waals surface area contributed by atoms with E-state index in [0.717, 1.165) is 24.1 Å². The van der Waals surface area contributed by atoms with Crippen LogP contribution in [-0.4, -0.2) is 27.1 Å². The second-order valence-corrected chi connectivity index (χ2v) is 7.39. The van der Waals surface area contributed by atoms with Crippen LogP contribution in [0.2, 0.25) is 5.02 Å². The second-order valence-electron chi connectivity index (χ2n) is 7.01. The summed E-state index contributed by atoms with van der Waals surface area (Å²) >= 11 is 6.28. The van der Waals surface area contributed by atoms with Crippen LogP contribution in [0.4, 0.5) is 5.69 Å². The molecule has 0 aliphatic carbocycles. The Morgan fingerprint density at radius 2 is 1.72 bits per heavy atom. The molecule has 7 heteroatoms. The molecule has 1 N–H and O–H groups in total. The Morgan fingerprint density at radius 3 is 2.41 bits per heavy atom. The molecule has 0 atom stereocenters. The lowest BCUT2D eigenvalue weighted by molar-refractivity contribution is -0.128. The number of para-hydroxylation sites is 1. The van der Waals surface area contributed by atoms with Crippen LogP contribution in [0.1, 0.15) is 24.0 Å². The number of carbonyl (C=O) groups excluding carboxylic acids is 1. The van der Waals surface area contributed by atoms with Crippen LogP contribution >= 0.6 is 11.6 Å². The van der Waals surface area contributed by atoms with E-state index >= 15 is 0 Å². The summed E-state index contributed by atoms with van der Waals surface area (Å²) in [5.74, 6) is 0.225. The summed E-state index contributed by atoms with van der Waals surface area (Å²) in [4.78, 5) is 26.2. The largest absolute Gasteiger partial charge is 0.378 e. The number of benzene rings is 2. The average molecular weight is 409 g/mol. The highest BCUT2D eigenvalue weighted by Gasteiger charge is 2.19. The molecular formula is C22H21ClN4O2. The summed E-state index contributed by atoms with van der Waals surface area (Å²) in [6, 6.07) is 17.2. The molecule has 0 unspecified atom stereocenters. The maximum Gasteiger partial charge on any atom is 0.292 e. The van der Waals surface area contributed by atoms with Crippen molar-refractivity contribution in [2.75, 3.05) is 11.9 Å². The summed E-state index contributed by atoms with van der Waals surface area (Å²) in [5, 5.41) is 7.50. The van der Waals surface area contributed by atoms with E-state index in [2.05, 4.69) is 10.4 Å². The fourth-order valence-electron chi connectivity index (χ4n) is 3.36. The Bertz CT molecular complexity index is 1060. The van der Waals surface area contributed by atoms with Gasteiger partial charge in [0.05, 0.1) is 17.6 Å². The van der Waals surface area contributed by atoms with E-state index < -0.39 is 0 Å². The lowest BCUT2D eigenvalue weighted by Gasteiger charge is -2.16. The number of nitrogens with one attached hydrogen (secondary N) is 1. The molecule has 0 radical (unpaired) electrons. The number of hydrogen-bond acceptors (Lipinski definition) is 4. The summed E-state index contributed by atoms with van der Waals surface area (Å²) in [7, 11) is 0. The van der Waals surface area contributed by atoms with Crippen molar-refractivity contribution in [2.45, 2.75) is 25.9 Å². The molecule has 0 spiro atoms. The third-order valence-electron chi connectivity index (χ3n) is 4.97. The van der Waals surface area contributed by atoms with Crippen molar-refractivity contribution in [3.63, 3.8) is 0 Å². The first-order chi connectivity index (χ1) is 14.1. The number of nitrogens with zero attached hydrogens (tertiary/aromatic N) is 3. The third-order valence-corrected chi connectivity index (χ3v) is 5.34. The van der Waals surface area contributed by atoms with Crippen LogP contribution in [0.5, 0.6) is 0 Å². The number of halogens is 1. The molecule has 0 saturated carbocycles. The molecule has 1 fully saturated rings. The third kappa shape index (κ3) is 4.32. The van der Waals surface area contributed by atoms with Crippen LogP contribution < -0.4 is 10.9 Å². The Hall–Kier alpha value is -3.12. The van der Waals surface area contributed by atoms with Crippen LogP contribution in [0.25, 0.3) is 5.69 Å². The van der Waals surface area contributed by atoms with Gasteiger partial charge < -0.3 is 10.2 Å². The number of anilines is 1. The van der Waals surface area contributed by atoms with E-state index in [1.165, 1.54) is 4.68 Å². The topological polar surface area (TPSA) is 67.2 Å². The molecule has 2 aromatic carbocycles. The highest BCUT2D eigenvalue weighted by Crippen LogP contribution is 2.19. The van der Waals surface area contributed by atoms with Crippen molar-refractivity contribution < 1.29 is 4.79 Å². The molecule has 2 heterocycles. The molecule has 0 bridgehead atoms. The van der Waals surface area contributed by atoms with Gasteiger partial charge in [-0.2, -0.15) is 9.78 Å². The molecule has 6 nitrogen and oxygen atoms in total. The van der Waals surface area contributed by atoms with Gasteiger partial charge >= 0.3 is 0 Å². The number of likely N-dealkylation sites (tertiary alicyclic amines) is 1. The van der Waals surface area contributed by atoms with Gasteiger partial charge in [0, 0.05) is 26.1 Å². The van der Waals surface area contributed by atoms with Crippen molar-refractivity contribution in [3.8, 4) is 5.69 Å². The van der Waals surface area contributed by atoms with Crippen LogP contribution in [0, 0.1) is 0 Å². The summed E-state index contributed by atoms with van der Waals surface area (Å²) in [5.41, 5.74) is 2.95. The van der Waals surface area contributed by atoms with Crippen molar-refractivity contribution >= 4 is 23.2 Å². The minimum Gasteiger partial charge on any atom is -0.378 e. The van der Waals surface area contributed by atoms with Crippen molar-refractivity contribution in [1.29, 1.82) is 0 Å². The SMILES string of the molecule is O=C1CCCN1Cc1ccc(CNc2cnn(-c3ccccc3)c(=O)c2Cl)cc1. The molecule has 29 heavy (non-hydrogen) atoms. The van der Waals surface area contributed by atoms with Crippen LogP contribution in [0.3, 0.4) is 0 Å². The first-order valence-corrected chi connectivity index (χ1v) is 9.92. The molecule has 1 aliphatic heterocycles. The number of rotatable bonds is 6. The highest BCUT2D eigenvalue weighted by atomic mass is 35.5. The number of aromatic nitrogens is 2. The van der Waals surface area contributed by atoms with Gasteiger partial charge in [0.15, 0.2) is 0 Å². The lowest BCUT2D eigenvalue weighted by Crippen LogP contribution is -2.23. The van der Waals surface area contributed by atoms with Gasteiger partial charge in [0.25, 0.3) is 5.56 Å². The molecule has 3 aromatic rings. The van der Waals surface area contributed by atoms with E-state index in [4.69, 9.17) is 11.6 Å². The lowest BCUT2D eigenvalue weighted by atomic mass is 10.1. The Morgan fingerprint density at radius 1 is 1.00 bits per heavy atom. The zero-order valence-electron chi connectivity index (χ0n) is 15.8. The standard InChI is InChI=1S/C22H21ClN4O2/c23-21-19(14-25-27(22(21)29)18-5-2-1-3-6-18)24-13-16-8-10-17(11-9-16)15-26-12-4-7-20(26)28/h1-3,5-6,8-11,14,24H,4,7,12-13,15H2. The van der Waals surface area contributed by atoms with Gasteiger partial charge in [-0.05, 0) is 29.7 Å². The predicted octanol–water partition coefficient (Wildman–Crippen LogP) is 3.62. The van der Waals surface area contributed by atoms with Gasteiger partial charge in [0.1, 0.15) is 5.02 Å². The fraction of sp³-hybridized carbons (Fsp3) is 0.227. The molecular weight excluding hydrogens is 388 g/mol. The summed E-state index contributed by atoms with van der Waals surface area (Å²) in [6.07, 6.45) is 3.16. The van der Waals surface area contributed by atoms with Crippen molar-refractivity contribution in [1.82, 2.24) is 14.7 Å². The smallest absolute Gasteiger partial charge is 0.292 e. The Kier molecular flexibility index (Phi) is 5.62. The second kappa shape index (κ2) is 8.49. The molecule has 1 saturated heterocycles. The number of carbonyl (C=O) groups is 1. The summed E-state index contributed by atoms with van der Waals surface area (Å²) < 4.78 is 1.28. The first-order valence-electron chi connectivity index (χ1n) is 9.54. The van der Waals surface area contributed by atoms with E-state index in [0.29, 0.717) is 30.9 Å². The maximum atomic E-state index is 12.5. The zero-order chi connectivity index (χ0) is 20.2. The van der Waals surface area contributed by atoms with Crippen molar-refractivity contribution in [3.05, 3.63) is 87.3 Å². The highest BCUT2D eigenvalue weighted by molar-refractivity contribution is 6.32. The minimum absolute atomic E-state index is 0.105. The van der Waals surface area contributed by atoms with E-state index in [-0.39, 0.29) is 16.5 Å². The molecule has 1 aromatic heterocycles. The average Bonchev–Trinajstić information content (AvgIpc) is 3.15. The summed E-state index contributed by atoms with van der Waals surface area (Å²) in [6.45, 7) is 2.00. The number of amides is 1. The first kappa shape index (κ1) is 19.2. The van der Waals surface area contributed by atoms with Gasteiger partial charge in [-0.15, -0.1) is 0 Å². The monoisotopic (exact) mass is 408 g/mol. The maximum absolute atomic E-state index is 12.5. The fourth-order valence-corrected chi connectivity index (χ4v) is 3.56. The zero-order valence-corrected chi connectivity index (χ0v) is 16.6. The molecule has 1 aliphatic rings. The van der Waals surface area contributed by atoms with Crippen LogP contribution in [-0.2, 0) is 17.9 Å². The van der Waals surface area contributed by atoms with E-state index in [1.807, 2.05) is 47.4 Å². The molecule has 4 rings (SSSR count). The normalized spacial score (nSPS) is 13.7. The van der Waals surface area contributed by atoms with Crippen LogP contribution in [0.15, 0.2) is 65.6 Å². The Labute approximate surface area is 173 Å². The van der Waals surface area contributed by atoms with E-state index in [9.17, 15) is 9.59 Å². The van der Waals surface area contributed by atoms with Gasteiger partial charge in [-0.1, -0.05) is 54.1 Å². The Balaban J connectivity index is 1.42. The molecule has 148 valence electrons. The predicted molar refractivity (Wildman–Crippen MR) is 113 cm³/mol. The van der Waals surface area contributed by atoms with Gasteiger partial charge in [-0.3, -0.25) is 9.59 Å². The van der Waals surface area contributed by atoms with Crippen molar-refractivity contribution in [2.24, 2.45) is 0 Å².